The van der Waals surface area contributed by atoms with Gasteiger partial charge in [-0.2, -0.15) is 0 Å². The molecule has 7 heteroatoms. The van der Waals surface area contributed by atoms with Gasteiger partial charge in [-0.25, -0.2) is 4.98 Å². The van der Waals surface area contributed by atoms with Crippen LogP contribution in [-0.2, 0) is 4.79 Å². The zero-order valence-electron chi connectivity index (χ0n) is 11.6. The van der Waals surface area contributed by atoms with E-state index in [-0.39, 0.29) is 18.2 Å². The molecule has 0 bridgehead atoms. The summed E-state index contributed by atoms with van der Waals surface area (Å²) in [5.41, 5.74) is 6.97. The number of amides is 1. The second-order valence-corrected chi connectivity index (χ2v) is 6.04. The van der Waals surface area contributed by atoms with Gasteiger partial charge in [0.25, 0.3) is 5.91 Å². The predicted molar refractivity (Wildman–Crippen MR) is 82.4 cm³/mol. The summed E-state index contributed by atoms with van der Waals surface area (Å²) in [4.78, 5) is 26.7. The van der Waals surface area contributed by atoms with E-state index in [1.165, 1.54) is 11.3 Å². The Kier molecular flexibility index (Phi) is 4.74. The lowest BCUT2D eigenvalue weighted by molar-refractivity contribution is -0.137. The zero-order chi connectivity index (χ0) is 15.4. The first kappa shape index (κ1) is 15.2. The number of nitrogens with zero attached hydrogens (tertiary/aromatic N) is 1. The number of benzene rings is 1. The summed E-state index contributed by atoms with van der Waals surface area (Å²) in [6, 6.07) is 5.24. The minimum atomic E-state index is -0.818. The molecule has 21 heavy (non-hydrogen) atoms. The molecule has 1 aromatic carbocycles. The highest BCUT2D eigenvalue weighted by Crippen LogP contribution is 2.24. The third-order valence-electron chi connectivity index (χ3n) is 3.13. The molecule has 1 aromatic heterocycles. The number of carboxylic acid groups (broad SMARTS) is 1. The summed E-state index contributed by atoms with van der Waals surface area (Å²) in [6.45, 7) is 2.37. The van der Waals surface area contributed by atoms with E-state index >= 15 is 0 Å². The van der Waals surface area contributed by atoms with Crippen LogP contribution in [0.25, 0.3) is 10.2 Å². The third-order valence-corrected chi connectivity index (χ3v) is 3.98. The van der Waals surface area contributed by atoms with Gasteiger partial charge in [0.1, 0.15) is 0 Å². The van der Waals surface area contributed by atoms with Gasteiger partial charge in [-0.05, 0) is 30.5 Å². The predicted octanol–water partition coefficient (Wildman–Crippen LogP) is 2.11. The Bertz CT molecular complexity index is 669. The fourth-order valence-corrected chi connectivity index (χ4v) is 2.70. The van der Waals surface area contributed by atoms with Crippen LogP contribution in [0.2, 0.25) is 0 Å². The number of fused-ring (bicyclic) bond motifs is 1. The van der Waals surface area contributed by atoms with Gasteiger partial charge in [0.2, 0.25) is 0 Å². The lowest BCUT2D eigenvalue weighted by Gasteiger charge is -2.11. The molecule has 0 spiro atoms. The van der Waals surface area contributed by atoms with Crippen molar-refractivity contribution in [1.29, 1.82) is 0 Å². The van der Waals surface area contributed by atoms with Crippen molar-refractivity contribution >= 4 is 38.6 Å². The van der Waals surface area contributed by atoms with Gasteiger partial charge in [-0.1, -0.05) is 18.3 Å². The number of thiazole rings is 1. The lowest BCUT2D eigenvalue weighted by Crippen LogP contribution is -2.28. The molecule has 4 N–H and O–H groups in total. The number of rotatable bonds is 6. The Morgan fingerprint density at radius 2 is 2.24 bits per heavy atom. The maximum absolute atomic E-state index is 12.1. The van der Waals surface area contributed by atoms with E-state index in [1.54, 1.807) is 18.2 Å². The van der Waals surface area contributed by atoms with E-state index in [1.807, 2.05) is 6.92 Å². The van der Waals surface area contributed by atoms with Crippen LogP contribution in [0.4, 0.5) is 5.13 Å². The van der Waals surface area contributed by atoms with E-state index in [4.69, 9.17) is 10.8 Å². The molecular weight excluding hydrogens is 290 g/mol. The molecule has 0 aliphatic rings. The number of anilines is 1. The van der Waals surface area contributed by atoms with Gasteiger partial charge in [0.05, 0.1) is 10.2 Å². The number of hydrogen-bond acceptors (Lipinski definition) is 5. The number of nitrogens with one attached hydrogen (secondary N) is 1. The molecule has 0 fully saturated rings. The zero-order valence-corrected chi connectivity index (χ0v) is 12.4. The van der Waals surface area contributed by atoms with Crippen molar-refractivity contribution in [3.8, 4) is 0 Å². The number of hydrogen-bond donors (Lipinski definition) is 3. The molecule has 0 saturated carbocycles. The van der Waals surface area contributed by atoms with Crippen LogP contribution in [0.5, 0.6) is 0 Å². The monoisotopic (exact) mass is 307 g/mol. The van der Waals surface area contributed by atoms with Crippen molar-refractivity contribution in [3.63, 3.8) is 0 Å². The van der Waals surface area contributed by atoms with E-state index in [0.29, 0.717) is 23.7 Å². The van der Waals surface area contributed by atoms with Gasteiger partial charge in [-0.15, -0.1) is 0 Å². The Hall–Kier alpha value is -2.15. The van der Waals surface area contributed by atoms with Crippen molar-refractivity contribution in [2.75, 3.05) is 12.3 Å². The van der Waals surface area contributed by atoms with Gasteiger partial charge < -0.3 is 16.2 Å². The van der Waals surface area contributed by atoms with Gasteiger partial charge in [0, 0.05) is 18.5 Å². The van der Waals surface area contributed by atoms with Crippen LogP contribution >= 0.6 is 11.3 Å². The van der Waals surface area contributed by atoms with Crippen LogP contribution in [0.3, 0.4) is 0 Å². The summed E-state index contributed by atoms with van der Waals surface area (Å²) in [6.07, 6.45) is 0.656. The molecule has 1 amide bonds. The highest BCUT2D eigenvalue weighted by atomic mass is 32.1. The Labute approximate surface area is 126 Å². The summed E-state index contributed by atoms with van der Waals surface area (Å²) in [5, 5.41) is 11.9. The molecule has 2 aromatic rings. The molecule has 0 radical (unpaired) electrons. The SMILES string of the molecule is CC(CCC(=O)O)CNC(=O)c1ccc2nc(N)sc2c1. The van der Waals surface area contributed by atoms with E-state index < -0.39 is 5.97 Å². The first-order valence-corrected chi connectivity index (χ1v) is 7.43. The fraction of sp³-hybridized carbons (Fsp3) is 0.357. The van der Waals surface area contributed by atoms with Crippen LogP contribution in [0, 0.1) is 5.92 Å². The molecule has 1 unspecified atom stereocenters. The van der Waals surface area contributed by atoms with Crippen LogP contribution in [0.1, 0.15) is 30.1 Å². The van der Waals surface area contributed by atoms with Crippen molar-refractivity contribution in [2.24, 2.45) is 5.92 Å². The summed E-state index contributed by atoms with van der Waals surface area (Å²) >= 11 is 1.34. The number of nitrogen functional groups attached to an aromatic ring is 1. The van der Waals surface area contributed by atoms with Crippen LogP contribution in [0.15, 0.2) is 18.2 Å². The molecule has 0 aliphatic carbocycles. The minimum Gasteiger partial charge on any atom is -0.481 e. The molecule has 0 saturated heterocycles. The highest BCUT2D eigenvalue weighted by Gasteiger charge is 2.11. The number of nitrogens with two attached hydrogens (primary N) is 1. The largest absolute Gasteiger partial charge is 0.481 e. The number of carbonyl (C=O) groups excluding carboxylic acids is 1. The second kappa shape index (κ2) is 6.53. The number of aromatic nitrogens is 1. The Morgan fingerprint density at radius 3 is 2.95 bits per heavy atom. The summed E-state index contributed by atoms with van der Waals surface area (Å²) < 4.78 is 0.874. The van der Waals surface area contributed by atoms with Crippen molar-refractivity contribution in [1.82, 2.24) is 10.3 Å². The molecule has 6 nitrogen and oxygen atoms in total. The molecular formula is C14H17N3O3S. The van der Waals surface area contributed by atoms with Crippen LogP contribution < -0.4 is 11.1 Å². The molecule has 112 valence electrons. The highest BCUT2D eigenvalue weighted by molar-refractivity contribution is 7.22. The van der Waals surface area contributed by atoms with Gasteiger partial charge in [-0.3, -0.25) is 9.59 Å². The minimum absolute atomic E-state index is 0.114. The van der Waals surface area contributed by atoms with Gasteiger partial charge >= 0.3 is 5.97 Å². The lowest BCUT2D eigenvalue weighted by atomic mass is 10.1. The number of aliphatic carboxylic acids is 1. The smallest absolute Gasteiger partial charge is 0.303 e. The number of carbonyl (C=O) groups is 2. The average Bonchev–Trinajstić information content (AvgIpc) is 2.81. The Morgan fingerprint density at radius 1 is 1.48 bits per heavy atom. The van der Waals surface area contributed by atoms with Crippen molar-refractivity contribution in [3.05, 3.63) is 23.8 Å². The maximum Gasteiger partial charge on any atom is 0.303 e. The normalized spacial score (nSPS) is 12.2. The van der Waals surface area contributed by atoms with E-state index in [0.717, 1.165) is 10.2 Å². The summed E-state index contributed by atoms with van der Waals surface area (Å²) in [7, 11) is 0. The quantitative estimate of drug-likeness (QED) is 0.758. The van der Waals surface area contributed by atoms with Crippen LogP contribution in [-0.4, -0.2) is 28.5 Å². The second-order valence-electron chi connectivity index (χ2n) is 4.98. The average molecular weight is 307 g/mol. The first-order valence-electron chi connectivity index (χ1n) is 6.61. The fourth-order valence-electron chi connectivity index (χ4n) is 1.92. The van der Waals surface area contributed by atoms with E-state index in [9.17, 15) is 9.59 Å². The molecule has 1 atom stereocenters. The summed E-state index contributed by atoms with van der Waals surface area (Å²) in [5.74, 6) is -0.875. The van der Waals surface area contributed by atoms with Crippen molar-refractivity contribution in [2.45, 2.75) is 19.8 Å². The molecule has 1 heterocycles. The Balaban J connectivity index is 1.93. The van der Waals surface area contributed by atoms with E-state index in [2.05, 4.69) is 10.3 Å². The standard InChI is InChI=1S/C14H17N3O3S/c1-8(2-5-12(18)19)7-16-13(20)9-3-4-10-11(6-9)21-14(15)17-10/h3-4,6,8H,2,5,7H2,1H3,(H2,15,17)(H,16,20)(H,18,19). The van der Waals surface area contributed by atoms with Gasteiger partial charge in [0.15, 0.2) is 5.13 Å². The number of carboxylic acids is 1. The molecule has 2 rings (SSSR count). The molecule has 0 aliphatic heterocycles. The maximum atomic E-state index is 12.1. The third kappa shape index (κ3) is 4.16. The first-order chi connectivity index (χ1) is 9.95. The van der Waals surface area contributed by atoms with Crippen molar-refractivity contribution < 1.29 is 14.7 Å². The topological polar surface area (TPSA) is 105 Å².